The molecule has 0 spiro atoms. The highest BCUT2D eigenvalue weighted by atomic mass is 16.5. The molecule has 0 aromatic heterocycles. The first-order valence-corrected chi connectivity index (χ1v) is 15.0. The molecule has 0 saturated carbocycles. The number of rotatable bonds is 14. The largest absolute Gasteiger partial charge is 0.494 e. The van der Waals surface area contributed by atoms with Crippen LogP contribution in [0, 0.1) is 6.92 Å². The third kappa shape index (κ3) is 7.25. The molecule has 44 heavy (non-hydrogen) atoms. The average molecular weight is 590 g/mol. The Labute approximate surface area is 259 Å². The maximum Gasteiger partial charge on any atom is 0.266 e. The van der Waals surface area contributed by atoms with Crippen molar-refractivity contribution in [3.63, 3.8) is 0 Å². The molecule has 7 heteroatoms. The van der Waals surface area contributed by atoms with Gasteiger partial charge in [-0.2, -0.15) is 0 Å². The molecule has 0 radical (unpaired) electrons. The molecule has 0 fully saturated rings. The number of hydrazine groups is 1. The van der Waals surface area contributed by atoms with Crippen LogP contribution in [0.3, 0.4) is 0 Å². The number of ether oxygens (including phenoxy) is 2. The SMILES string of the molecule is C=CC[C@]1(C(=O)NNCCc2ccc(C)cc2)N=C(c2ccc(OCCCO)cc2)O[C@H]1c1ccc(-c2ccccc2)cc1. The van der Waals surface area contributed by atoms with Gasteiger partial charge in [0, 0.05) is 31.6 Å². The molecule has 1 amide bonds. The van der Waals surface area contributed by atoms with E-state index in [4.69, 9.17) is 19.6 Å². The number of nitrogens with one attached hydrogen (secondary N) is 2. The number of benzene rings is 4. The first-order chi connectivity index (χ1) is 21.5. The Balaban J connectivity index is 1.40. The number of aliphatic imine (C=N–C) groups is 1. The quantitative estimate of drug-likeness (QED) is 0.0937. The Hall–Kier alpha value is -4.72. The highest BCUT2D eigenvalue weighted by Crippen LogP contribution is 2.43. The lowest BCUT2D eigenvalue weighted by molar-refractivity contribution is -0.129. The third-order valence-electron chi connectivity index (χ3n) is 7.67. The number of amides is 1. The summed E-state index contributed by atoms with van der Waals surface area (Å²) in [6, 6.07) is 34.0. The summed E-state index contributed by atoms with van der Waals surface area (Å²) < 4.78 is 12.2. The molecule has 226 valence electrons. The van der Waals surface area contributed by atoms with Gasteiger partial charge in [-0.15, -0.1) is 6.58 Å². The van der Waals surface area contributed by atoms with E-state index in [1.807, 2.05) is 66.7 Å². The molecule has 4 aromatic rings. The van der Waals surface area contributed by atoms with Crippen LogP contribution < -0.4 is 15.6 Å². The topological polar surface area (TPSA) is 92.2 Å². The molecule has 1 heterocycles. The Morgan fingerprint density at radius 1 is 0.955 bits per heavy atom. The van der Waals surface area contributed by atoms with Gasteiger partial charge in [0.2, 0.25) is 5.90 Å². The van der Waals surface area contributed by atoms with E-state index in [1.165, 1.54) is 11.1 Å². The summed E-state index contributed by atoms with van der Waals surface area (Å²) in [4.78, 5) is 19.0. The predicted octanol–water partition coefficient (Wildman–Crippen LogP) is 6.12. The smallest absolute Gasteiger partial charge is 0.266 e. The molecule has 3 N–H and O–H groups in total. The maximum atomic E-state index is 14.0. The molecule has 2 atom stereocenters. The second-order valence-electron chi connectivity index (χ2n) is 10.9. The number of hydrogen-bond donors (Lipinski definition) is 3. The van der Waals surface area contributed by atoms with E-state index < -0.39 is 11.6 Å². The first kappa shape index (κ1) is 30.7. The van der Waals surface area contributed by atoms with Crippen LogP contribution in [-0.2, 0) is 16.0 Å². The van der Waals surface area contributed by atoms with Gasteiger partial charge in [0.05, 0.1) is 6.61 Å². The van der Waals surface area contributed by atoms with Crippen molar-refractivity contribution in [1.82, 2.24) is 10.9 Å². The van der Waals surface area contributed by atoms with Crippen molar-refractivity contribution in [2.24, 2.45) is 4.99 Å². The van der Waals surface area contributed by atoms with Crippen molar-refractivity contribution in [2.45, 2.75) is 37.8 Å². The van der Waals surface area contributed by atoms with E-state index in [9.17, 15) is 4.79 Å². The van der Waals surface area contributed by atoms with Crippen molar-refractivity contribution in [2.75, 3.05) is 19.8 Å². The number of hydrogen-bond acceptors (Lipinski definition) is 6. The van der Waals surface area contributed by atoms with Crippen LogP contribution in [0.4, 0.5) is 0 Å². The van der Waals surface area contributed by atoms with Gasteiger partial charge in [0.1, 0.15) is 5.75 Å². The number of aliphatic hydroxyl groups excluding tert-OH is 1. The minimum Gasteiger partial charge on any atom is -0.494 e. The van der Waals surface area contributed by atoms with Crippen LogP contribution in [0.5, 0.6) is 5.75 Å². The van der Waals surface area contributed by atoms with E-state index in [2.05, 4.69) is 60.8 Å². The van der Waals surface area contributed by atoms with Gasteiger partial charge in [-0.25, -0.2) is 10.4 Å². The Bertz CT molecular complexity index is 1550. The standard InChI is InChI=1S/C37H39N3O4/c1-3-23-37(36(42)40-38-24-22-28-12-10-27(2)11-13-28)34(31-16-14-30(15-17-31)29-8-5-4-6-9-29)44-35(39-37)32-18-20-33(21-19-32)43-26-7-25-41/h3-6,8-21,34,38,41H,1,7,22-26H2,2H3,(H,40,42)/t34-,37-/m0/s1. The fourth-order valence-corrected chi connectivity index (χ4v) is 5.23. The molecule has 0 aliphatic carbocycles. The van der Waals surface area contributed by atoms with Gasteiger partial charge in [0.25, 0.3) is 5.91 Å². The fraction of sp³-hybridized carbons (Fsp3) is 0.243. The van der Waals surface area contributed by atoms with Crippen molar-refractivity contribution < 1.29 is 19.4 Å². The number of carbonyl (C=O) groups excluding carboxylic acids is 1. The van der Waals surface area contributed by atoms with Crippen molar-refractivity contribution in [3.05, 3.63) is 138 Å². The molecule has 0 bridgehead atoms. The normalized spacial score (nSPS) is 17.4. The van der Waals surface area contributed by atoms with E-state index in [0.717, 1.165) is 28.7 Å². The Kier molecular flexibility index (Phi) is 10.2. The first-order valence-electron chi connectivity index (χ1n) is 15.0. The fourth-order valence-electron chi connectivity index (χ4n) is 5.23. The lowest BCUT2D eigenvalue weighted by Crippen LogP contribution is -2.52. The maximum absolute atomic E-state index is 14.0. The van der Waals surface area contributed by atoms with E-state index in [-0.39, 0.29) is 18.9 Å². The summed E-state index contributed by atoms with van der Waals surface area (Å²) in [6.07, 6.45) is 2.62. The minimum absolute atomic E-state index is 0.0741. The van der Waals surface area contributed by atoms with Gasteiger partial charge in [0.15, 0.2) is 11.6 Å². The number of carbonyl (C=O) groups is 1. The zero-order valence-corrected chi connectivity index (χ0v) is 25.0. The van der Waals surface area contributed by atoms with Gasteiger partial charge in [-0.3, -0.25) is 10.2 Å². The van der Waals surface area contributed by atoms with Crippen molar-refractivity contribution in [1.29, 1.82) is 0 Å². The monoisotopic (exact) mass is 589 g/mol. The number of aliphatic hydroxyl groups is 1. The van der Waals surface area contributed by atoms with Crippen LogP contribution in [-0.4, -0.2) is 42.2 Å². The molecule has 0 unspecified atom stereocenters. The molecule has 5 rings (SSSR count). The van der Waals surface area contributed by atoms with E-state index >= 15 is 0 Å². The molecule has 4 aromatic carbocycles. The van der Waals surface area contributed by atoms with E-state index in [1.54, 1.807) is 6.08 Å². The Morgan fingerprint density at radius 3 is 2.32 bits per heavy atom. The van der Waals surface area contributed by atoms with Gasteiger partial charge in [-0.1, -0.05) is 90.5 Å². The lowest BCUT2D eigenvalue weighted by Gasteiger charge is -2.29. The van der Waals surface area contributed by atoms with Gasteiger partial charge in [-0.05, 0) is 59.9 Å². The van der Waals surface area contributed by atoms with E-state index in [0.29, 0.717) is 31.2 Å². The zero-order chi connectivity index (χ0) is 30.8. The number of aryl methyl sites for hydroxylation is 1. The van der Waals surface area contributed by atoms with Gasteiger partial charge >= 0.3 is 0 Å². The third-order valence-corrected chi connectivity index (χ3v) is 7.67. The Morgan fingerprint density at radius 2 is 1.64 bits per heavy atom. The van der Waals surface area contributed by atoms with Gasteiger partial charge < -0.3 is 14.6 Å². The molecule has 1 aliphatic rings. The van der Waals surface area contributed by atoms with Crippen LogP contribution in [0.15, 0.2) is 121 Å². The van der Waals surface area contributed by atoms with Crippen LogP contribution in [0.2, 0.25) is 0 Å². The zero-order valence-electron chi connectivity index (χ0n) is 25.0. The predicted molar refractivity (Wildman–Crippen MR) is 174 cm³/mol. The summed E-state index contributed by atoms with van der Waals surface area (Å²) in [5.41, 5.74) is 10.9. The lowest BCUT2D eigenvalue weighted by atomic mass is 9.84. The highest BCUT2D eigenvalue weighted by Gasteiger charge is 2.52. The molecule has 0 saturated heterocycles. The molecule has 7 nitrogen and oxygen atoms in total. The minimum atomic E-state index is -1.28. The summed E-state index contributed by atoms with van der Waals surface area (Å²) in [7, 11) is 0. The number of nitrogens with zero attached hydrogens (tertiary/aromatic N) is 1. The molecular formula is C37H39N3O4. The summed E-state index contributed by atoms with van der Waals surface area (Å²) >= 11 is 0. The summed E-state index contributed by atoms with van der Waals surface area (Å²) in [5, 5.41) is 9.03. The average Bonchev–Trinajstić information content (AvgIpc) is 3.45. The van der Waals surface area contributed by atoms with Crippen LogP contribution in [0.25, 0.3) is 11.1 Å². The van der Waals surface area contributed by atoms with Crippen molar-refractivity contribution >= 4 is 11.8 Å². The van der Waals surface area contributed by atoms with Crippen LogP contribution >= 0.6 is 0 Å². The summed E-state index contributed by atoms with van der Waals surface area (Å²) in [5.74, 6) is 0.764. The molecule has 1 aliphatic heterocycles. The second kappa shape index (κ2) is 14.6. The summed E-state index contributed by atoms with van der Waals surface area (Å²) in [6.45, 7) is 7.08. The highest BCUT2D eigenvalue weighted by molar-refractivity contribution is 6.01. The molecular weight excluding hydrogens is 550 g/mol. The van der Waals surface area contributed by atoms with Crippen LogP contribution in [0.1, 0.15) is 41.2 Å². The second-order valence-corrected chi connectivity index (χ2v) is 10.9. The van der Waals surface area contributed by atoms with Crippen molar-refractivity contribution in [3.8, 4) is 16.9 Å².